The van der Waals surface area contributed by atoms with E-state index in [0.29, 0.717) is 46.3 Å². The number of ether oxygens (including phenoxy) is 1. The average Bonchev–Trinajstić information content (AvgIpc) is 4.33. The summed E-state index contributed by atoms with van der Waals surface area (Å²) < 4.78 is 29.8. The Hall–Kier alpha value is -6.80. The molecule has 2 amide bonds. The SMILES string of the molecule is CCc1cccc2cc(O)cc(-c3ncc4c(N5CC6CCC(C5)N6)nc(OC5CCN(CC6CCN(c7cc([C@@H](C(=O)N8C[C@H](O)C[C@H]8C(=O)N[C@@H](C)c8ccc(-c9scnc9C)cc8)C(C)C)on7)CC6)CC5)nc4c3F)c12. The van der Waals surface area contributed by atoms with Crippen LogP contribution in [0.2, 0.25) is 0 Å². The van der Waals surface area contributed by atoms with Crippen molar-refractivity contribution < 1.29 is 33.5 Å². The number of pyridine rings is 1. The number of aliphatic hydroxyl groups excluding tert-OH is 1. The number of hydrogen-bond acceptors (Lipinski definition) is 16. The quantitative estimate of drug-likeness (QED) is 0.0758. The Morgan fingerprint density at radius 3 is 2.40 bits per heavy atom. The number of phenols is 1. The minimum atomic E-state index is -0.822. The topological polar surface area (TPSA) is 198 Å². The van der Waals surface area contributed by atoms with E-state index in [1.54, 1.807) is 29.7 Å². The molecule has 9 heterocycles. The van der Waals surface area contributed by atoms with Crippen LogP contribution in [0.15, 0.2) is 76.9 Å². The summed E-state index contributed by atoms with van der Waals surface area (Å²) in [5.74, 6) is 0.367. The molecule has 420 valence electrons. The lowest BCUT2D eigenvalue weighted by Gasteiger charge is -2.37. The minimum Gasteiger partial charge on any atom is -0.508 e. The number of piperidine rings is 2. The number of carbonyl (C=O) groups is 2. The van der Waals surface area contributed by atoms with E-state index in [0.717, 1.165) is 129 Å². The maximum absolute atomic E-state index is 17.2. The van der Waals surface area contributed by atoms with E-state index < -0.39 is 23.9 Å². The minimum absolute atomic E-state index is 0.0436. The van der Waals surface area contributed by atoms with E-state index in [9.17, 15) is 19.8 Å². The van der Waals surface area contributed by atoms with E-state index in [-0.39, 0.29) is 65.8 Å². The third kappa shape index (κ3) is 10.8. The molecule has 5 aliphatic heterocycles. The monoisotopic (exact) mass is 1110 g/mol. The van der Waals surface area contributed by atoms with Crippen LogP contribution < -0.4 is 25.2 Å². The van der Waals surface area contributed by atoms with Crippen LogP contribution in [-0.2, 0) is 16.0 Å². The van der Waals surface area contributed by atoms with Gasteiger partial charge in [-0.2, -0.15) is 9.97 Å². The summed E-state index contributed by atoms with van der Waals surface area (Å²) in [6, 6.07) is 18.9. The van der Waals surface area contributed by atoms with E-state index >= 15 is 4.39 Å². The standard InChI is InChI=1S/C61H72FN11O6S/c1-6-38-8-7-9-41-24-44(74)25-47(53(38)41)55-54(62)56-48(28-63-55)58(72-30-42-14-15-43(31-72)66-42)68-61(67-56)78-46-18-20-70(21-19-46)29-37-16-22-71(23-17-37)51-27-50(79-69-51)52(34(2)3)60(77)73-32-45(75)26-49(73)59(76)65-35(4)39-10-12-40(13-11-39)57-36(5)64-33-80-57/h7-13,24-25,27-28,33-35,37,42-43,45-46,49,52,66,74-75H,6,14-23,26,29-32H2,1-5H3,(H,65,76)/t35-,42?,43?,45+,49-,52-/m0/s1. The lowest BCUT2D eigenvalue weighted by atomic mass is 9.91. The first-order chi connectivity index (χ1) is 38.7. The molecule has 4 N–H and O–H groups in total. The lowest BCUT2D eigenvalue weighted by Crippen LogP contribution is -2.51. The second-order valence-electron chi connectivity index (χ2n) is 23.3. The number of β-amino-alcohol motifs (C(OH)–C–C–N with tert-alkyl or cyclic N) is 1. The van der Waals surface area contributed by atoms with Crippen molar-refractivity contribution in [1.82, 2.24) is 45.5 Å². The fraction of sp³-hybridized carbons (Fsp3) is 0.492. The maximum Gasteiger partial charge on any atom is 0.319 e. The fourth-order valence-corrected chi connectivity index (χ4v) is 14.0. The number of piperazine rings is 1. The molecule has 4 aromatic heterocycles. The van der Waals surface area contributed by atoms with E-state index in [4.69, 9.17) is 24.2 Å². The molecule has 80 heavy (non-hydrogen) atoms. The number of aliphatic hydroxyl groups is 1. The first-order valence-corrected chi connectivity index (χ1v) is 29.6. The molecule has 12 rings (SSSR count). The van der Waals surface area contributed by atoms with Crippen LogP contribution in [0.25, 0.3) is 43.4 Å². The molecule has 2 bridgehead atoms. The number of thiazole rings is 1. The number of amides is 2. The number of aromatic nitrogens is 5. The molecule has 0 spiro atoms. The second kappa shape index (κ2) is 22.6. The van der Waals surface area contributed by atoms with E-state index in [1.165, 1.54) is 4.90 Å². The van der Waals surface area contributed by atoms with E-state index in [1.807, 2.05) is 81.7 Å². The van der Waals surface area contributed by atoms with Crippen molar-refractivity contribution in [3.05, 3.63) is 101 Å². The highest BCUT2D eigenvalue weighted by Gasteiger charge is 2.44. The first-order valence-electron chi connectivity index (χ1n) is 28.8. The molecule has 5 aliphatic rings. The zero-order valence-corrected chi connectivity index (χ0v) is 47.1. The van der Waals surface area contributed by atoms with Gasteiger partial charge >= 0.3 is 6.01 Å². The molecular formula is C61H72FN11O6S. The van der Waals surface area contributed by atoms with Crippen molar-refractivity contribution >= 4 is 56.5 Å². The molecule has 0 aliphatic carbocycles. The van der Waals surface area contributed by atoms with Crippen LogP contribution in [0, 0.1) is 24.6 Å². The molecule has 19 heteroatoms. The third-order valence-electron chi connectivity index (χ3n) is 17.5. The van der Waals surface area contributed by atoms with Gasteiger partial charge < -0.3 is 49.7 Å². The van der Waals surface area contributed by atoms with Crippen molar-refractivity contribution in [2.24, 2.45) is 11.8 Å². The van der Waals surface area contributed by atoms with Crippen molar-refractivity contribution in [2.75, 3.05) is 62.2 Å². The second-order valence-corrected chi connectivity index (χ2v) is 24.1. The predicted octanol–water partition coefficient (Wildman–Crippen LogP) is 8.95. The summed E-state index contributed by atoms with van der Waals surface area (Å²) in [5.41, 5.74) is 6.69. The van der Waals surface area contributed by atoms with Crippen molar-refractivity contribution in [2.45, 2.75) is 128 Å². The fourth-order valence-electron chi connectivity index (χ4n) is 13.2. The highest BCUT2D eigenvalue weighted by Crippen LogP contribution is 2.40. The number of fused-ring (bicyclic) bond motifs is 4. The number of aryl methyl sites for hydroxylation is 2. The zero-order chi connectivity index (χ0) is 55.3. The predicted molar refractivity (Wildman–Crippen MR) is 308 cm³/mol. The van der Waals surface area contributed by atoms with Crippen LogP contribution in [0.4, 0.5) is 16.0 Å². The number of aromatic hydroxyl groups is 1. The number of nitrogens with zero attached hydrogens (tertiary/aromatic N) is 9. The van der Waals surface area contributed by atoms with Gasteiger partial charge in [-0.05, 0) is 110 Å². The van der Waals surface area contributed by atoms with Gasteiger partial charge in [0.15, 0.2) is 17.4 Å². The molecule has 0 saturated carbocycles. The smallest absolute Gasteiger partial charge is 0.319 e. The van der Waals surface area contributed by atoms with Crippen LogP contribution in [0.1, 0.15) is 107 Å². The molecule has 5 fully saturated rings. The molecule has 6 atom stereocenters. The van der Waals surface area contributed by atoms with Gasteiger partial charge in [-0.25, -0.2) is 9.37 Å². The number of carbonyl (C=O) groups excluding carboxylic acids is 2. The van der Waals surface area contributed by atoms with E-state index in [2.05, 4.69) is 42.4 Å². The van der Waals surface area contributed by atoms with Crippen molar-refractivity contribution in [1.29, 1.82) is 0 Å². The average molecular weight is 1110 g/mol. The Morgan fingerprint density at radius 1 is 0.925 bits per heavy atom. The van der Waals surface area contributed by atoms with Crippen LogP contribution in [-0.4, -0.2) is 140 Å². The van der Waals surface area contributed by atoms with Crippen LogP contribution in [0.3, 0.4) is 0 Å². The van der Waals surface area contributed by atoms with Gasteiger partial charge in [-0.15, -0.1) is 11.3 Å². The largest absolute Gasteiger partial charge is 0.508 e. The zero-order valence-electron chi connectivity index (χ0n) is 46.3. The number of likely N-dealkylation sites (tertiary alicyclic amines) is 2. The lowest BCUT2D eigenvalue weighted by molar-refractivity contribution is -0.141. The molecule has 7 aromatic rings. The van der Waals surface area contributed by atoms with Gasteiger partial charge in [0, 0.05) is 88.7 Å². The first kappa shape index (κ1) is 53.8. The van der Waals surface area contributed by atoms with Gasteiger partial charge in [0.05, 0.1) is 33.6 Å². The van der Waals surface area contributed by atoms with Gasteiger partial charge in [-0.3, -0.25) is 14.6 Å². The molecule has 2 unspecified atom stereocenters. The number of rotatable bonds is 15. The molecule has 17 nitrogen and oxygen atoms in total. The van der Waals surface area contributed by atoms with Crippen LogP contribution in [0.5, 0.6) is 11.8 Å². The number of phenolic OH excluding ortho intramolecular Hbond substituents is 1. The summed E-state index contributed by atoms with van der Waals surface area (Å²) in [6.07, 6.45) is 7.32. The molecular weight excluding hydrogens is 1030 g/mol. The van der Waals surface area contributed by atoms with Crippen molar-refractivity contribution in [3.63, 3.8) is 0 Å². The number of halogens is 1. The summed E-state index contributed by atoms with van der Waals surface area (Å²) in [4.78, 5) is 56.9. The highest BCUT2D eigenvalue weighted by molar-refractivity contribution is 7.13. The molecule has 5 saturated heterocycles. The molecule has 0 radical (unpaired) electrons. The van der Waals surface area contributed by atoms with Gasteiger partial charge in [-0.1, -0.05) is 68.4 Å². The summed E-state index contributed by atoms with van der Waals surface area (Å²) in [5, 5.41) is 35.2. The number of anilines is 2. The Kier molecular flexibility index (Phi) is 15.2. The normalized spacial score (nSPS) is 22.0. The number of nitrogens with one attached hydrogen (secondary N) is 2. The van der Waals surface area contributed by atoms with Crippen molar-refractivity contribution in [3.8, 4) is 33.5 Å². The third-order valence-corrected chi connectivity index (χ3v) is 18.5. The summed E-state index contributed by atoms with van der Waals surface area (Å²) >= 11 is 1.59. The van der Waals surface area contributed by atoms with Crippen LogP contribution >= 0.6 is 11.3 Å². The van der Waals surface area contributed by atoms with Gasteiger partial charge in [0.1, 0.15) is 40.8 Å². The molecule has 3 aromatic carbocycles. The van der Waals surface area contributed by atoms with Gasteiger partial charge in [0.2, 0.25) is 11.8 Å². The Morgan fingerprint density at radius 2 is 1.69 bits per heavy atom. The Bertz CT molecular complexity index is 3380. The number of hydrogen-bond donors (Lipinski definition) is 4. The summed E-state index contributed by atoms with van der Waals surface area (Å²) in [6.45, 7) is 15.8. The highest BCUT2D eigenvalue weighted by atomic mass is 32.1. The Labute approximate surface area is 469 Å². The summed E-state index contributed by atoms with van der Waals surface area (Å²) in [7, 11) is 0. The van der Waals surface area contributed by atoms with Gasteiger partial charge in [0.25, 0.3) is 0 Å². The maximum atomic E-state index is 17.2. The number of benzene rings is 3. The Balaban J connectivity index is 0.666.